The van der Waals surface area contributed by atoms with Gasteiger partial charge >= 0.3 is 0 Å². The Labute approximate surface area is 164 Å². The van der Waals surface area contributed by atoms with Crippen LogP contribution >= 0.6 is 11.3 Å². The maximum Gasteiger partial charge on any atom is 0.255 e. The number of amides is 1. The molecule has 1 aliphatic heterocycles. The second kappa shape index (κ2) is 9.21. The third-order valence-electron chi connectivity index (χ3n) is 4.76. The third-order valence-corrected chi connectivity index (χ3v) is 5.70. The number of methoxy groups -OCH3 is 2. The third kappa shape index (κ3) is 4.61. The van der Waals surface area contributed by atoms with Crippen molar-refractivity contribution in [2.45, 2.75) is 19.0 Å². The molecule has 1 saturated heterocycles. The van der Waals surface area contributed by atoms with Crippen LogP contribution in [0, 0.1) is 0 Å². The number of nitrogens with one attached hydrogen (secondary N) is 1. The molecule has 2 atom stereocenters. The number of rotatable bonds is 7. The minimum atomic E-state index is -0.156. The van der Waals surface area contributed by atoms with E-state index in [1.165, 1.54) is 4.88 Å². The van der Waals surface area contributed by atoms with Crippen LogP contribution in [0.3, 0.4) is 0 Å². The van der Waals surface area contributed by atoms with Crippen LogP contribution in [-0.4, -0.2) is 57.4 Å². The van der Waals surface area contributed by atoms with Gasteiger partial charge in [0.15, 0.2) is 0 Å². The Balaban J connectivity index is 1.79. The van der Waals surface area contributed by atoms with Crippen molar-refractivity contribution in [1.29, 1.82) is 0 Å². The second-order valence-corrected chi connectivity index (χ2v) is 7.42. The van der Waals surface area contributed by atoms with Crippen molar-refractivity contribution in [1.82, 2.24) is 10.2 Å². The van der Waals surface area contributed by atoms with Crippen LogP contribution in [0.15, 0.2) is 35.7 Å². The Bertz CT molecular complexity index is 744. The molecule has 2 unspecified atom stereocenters. The largest absolute Gasteiger partial charge is 0.497 e. The molecule has 146 valence electrons. The lowest BCUT2D eigenvalue weighted by atomic mass is 10.0. The van der Waals surface area contributed by atoms with Gasteiger partial charge in [-0.15, -0.1) is 11.3 Å². The van der Waals surface area contributed by atoms with Gasteiger partial charge in [0.25, 0.3) is 5.91 Å². The van der Waals surface area contributed by atoms with Crippen LogP contribution in [0.5, 0.6) is 11.5 Å². The summed E-state index contributed by atoms with van der Waals surface area (Å²) in [5.41, 5.74) is 0.497. The lowest BCUT2D eigenvalue weighted by molar-refractivity contribution is 0.00969. The highest BCUT2D eigenvalue weighted by molar-refractivity contribution is 7.10. The van der Waals surface area contributed by atoms with E-state index in [2.05, 4.69) is 27.7 Å². The van der Waals surface area contributed by atoms with E-state index in [4.69, 9.17) is 14.2 Å². The maximum atomic E-state index is 12.9. The van der Waals surface area contributed by atoms with Gasteiger partial charge < -0.3 is 19.5 Å². The Morgan fingerprint density at radius 1 is 1.22 bits per heavy atom. The van der Waals surface area contributed by atoms with E-state index in [0.717, 1.165) is 26.3 Å². The first-order valence-corrected chi connectivity index (χ1v) is 9.90. The summed E-state index contributed by atoms with van der Waals surface area (Å²) in [7, 11) is 3.14. The fraction of sp³-hybridized carbons (Fsp3) is 0.450. The van der Waals surface area contributed by atoms with Gasteiger partial charge in [-0.25, -0.2) is 0 Å². The molecule has 0 bridgehead atoms. The lowest BCUT2D eigenvalue weighted by Crippen LogP contribution is -2.48. The van der Waals surface area contributed by atoms with Crippen molar-refractivity contribution in [2.75, 3.05) is 40.5 Å². The first-order chi connectivity index (χ1) is 13.1. The smallest absolute Gasteiger partial charge is 0.255 e. The highest BCUT2D eigenvalue weighted by Gasteiger charge is 2.30. The number of hydrogen-bond acceptors (Lipinski definition) is 6. The van der Waals surface area contributed by atoms with Gasteiger partial charge in [0.2, 0.25) is 0 Å². The summed E-state index contributed by atoms with van der Waals surface area (Å²) in [5.74, 6) is 0.996. The zero-order valence-electron chi connectivity index (χ0n) is 15.9. The standard InChI is InChI=1S/C20H26N2O4S/c1-14(19(18-5-4-12-27-18)22-8-10-26-11-9-22)21-20(23)16-7-6-15(24-2)13-17(16)25-3/h4-7,12-14,19H,8-11H2,1-3H3,(H,21,23). The number of benzene rings is 1. The van der Waals surface area contributed by atoms with Crippen molar-refractivity contribution in [3.63, 3.8) is 0 Å². The van der Waals surface area contributed by atoms with E-state index in [0.29, 0.717) is 17.1 Å². The second-order valence-electron chi connectivity index (χ2n) is 6.44. The van der Waals surface area contributed by atoms with Gasteiger partial charge in [-0.3, -0.25) is 9.69 Å². The molecule has 1 aromatic carbocycles. The number of nitrogens with zero attached hydrogens (tertiary/aromatic N) is 1. The first-order valence-electron chi connectivity index (χ1n) is 9.02. The average Bonchev–Trinajstić information content (AvgIpc) is 3.22. The first kappa shape index (κ1) is 19.7. The zero-order chi connectivity index (χ0) is 19.2. The van der Waals surface area contributed by atoms with E-state index in [1.807, 2.05) is 6.92 Å². The number of ether oxygens (including phenoxy) is 3. The zero-order valence-corrected chi connectivity index (χ0v) is 16.8. The van der Waals surface area contributed by atoms with Crippen LogP contribution < -0.4 is 14.8 Å². The lowest BCUT2D eigenvalue weighted by Gasteiger charge is -2.37. The summed E-state index contributed by atoms with van der Waals surface area (Å²) in [5, 5.41) is 5.23. The molecule has 1 aromatic heterocycles. The maximum absolute atomic E-state index is 12.9. The van der Waals surface area contributed by atoms with Crippen molar-refractivity contribution < 1.29 is 19.0 Å². The van der Waals surface area contributed by atoms with E-state index in [1.54, 1.807) is 43.8 Å². The molecule has 6 nitrogen and oxygen atoms in total. The number of carbonyl (C=O) groups is 1. The van der Waals surface area contributed by atoms with Crippen LogP contribution in [-0.2, 0) is 4.74 Å². The minimum Gasteiger partial charge on any atom is -0.497 e. The van der Waals surface area contributed by atoms with E-state index < -0.39 is 0 Å². The molecule has 0 radical (unpaired) electrons. The minimum absolute atomic E-state index is 0.0685. The summed E-state index contributed by atoms with van der Waals surface area (Å²) in [6.07, 6.45) is 0. The Hall–Kier alpha value is -2.09. The summed E-state index contributed by atoms with van der Waals surface area (Å²) in [6.45, 7) is 5.20. The van der Waals surface area contributed by atoms with Crippen LogP contribution in [0.25, 0.3) is 0 Å². The average molecular weight is 391 g/mol. The van der Waals surface area contributed by atoms with E-state index >= 15 is 0 Å². The van der Waals surface area contributed by atoms with Gasteiger partial charge in [0.05, 0.1) is 39.0 Å². The molecular weight excluding hydrogens is 364 g/mol. The predicted molar refractivity (Wildman–Crippen MR) is 106 cm³/mol. The topological polar surface area (TPSA) is 60.0 Å². The summed E-state index contributed by atoms with van der Waals surface area (Å²) in [4.78, 5) is 16.5. The monoisotopic (exact) mass is 390 g/mol. The fourth-order valence-corrected chi connectivity index (χ4v) is 4.37. The molecule has 0 saturated carbocycles. The fourth-order valence-electron chi connectivity index (χ4n) is 3.41. The van der Waals surface area contributed by atoms with Gasteiger partial charge in [0.1, 0.15) is 11.5 Å². The quantitative estimate of drug-likeness (QED) is 0.788. The number of hydrogen-bond donors (Lipinski definition) is 1. The molecule has 7 heteroatoms. The van der Waals surface area contributed by atoms with E-state index in [9.17, 15) is 4.79 Å². The number of carbonyl (C=O) groups excluding carboxylic acids is 1. The van der Waals surface area contributed by atoms with Crippen molar-refractivity contribution in [2.24, 2.45) is 0 Å². The molecule has 3 rings (SSSR count). The summed E-state index contributed by atoms with van der Waals surface area (Å²) < 4.78 is 16.1. The molecular formula is C20H26N2O4S. The van der Waals surface area contributed by atoms with Gasteiger partial charge in [0, 0.05) is 30.1 Å². The summed E-state index contributed by atoms with van der Waals surface area (Å²) >= 11 is 1.71. The highest BCUT2D eigenvalue weighted by atomic mass is 32.1. The molecule has 0 spiro atoms. The molecule has 1 aliphatic rings. The van der Waals surface area contributed by atoms with Crippen LogP contribution in [0.2, 0.25) is 0 Å². The Kier molecular flexibility index (Phi) is 6.71. The predicted octanol–water partition coefficient (Wildman–Crippen LogP) is 2.96. The van der Waals surface area contributed by atoms with Crippen molar-refractivity contribution in [3.05, 3.63) is 46.2 Å². The van der Waals surface area contributed by atoms with Crippen molar-refractivity contribution >= 4 is 17.2 Å². The molecule has 0 aliphatic carbocycles. The highest BCUT2D eigenvalue weighted by Crippen LogP contribution is 2.30. The summed E-state index contributed by atoms with van der Waals surface area (Å²) in [6, 6.07) is 9.44. The SMILES string of the molecule is COc1ccc(C(=O)NC(C)C(c2cccs2)N2CCOCC2)c(OC)c1. The van der Waals surface area contributed by atoms with Gasteiger partial charge in [-0.2, -0.15) is 0 Å². The molecule has 27 heavy (non-hydrogen) atoms. The van der Waals surface area contributed by atoms with Crippen LogP contribution in [0.4, 0.5) is 0 Å². The molecule has 1 N–H and O–H groups in total. The Morgan fingerprint density at radius 3 is 2.63 bits per heavy atom. The normalized spacial score (nSPS) is 17.1. The molecule has 1 amide bonds. The van der Waals surface area contributed by atoms with Crippen molar-refractivity contribution in [3.8, 4) is 11.5 Å². The number of thiophene rings is 1. The van der Waals surface area contributed by atoms with E-state index in [-0.39, 0.29) is 18.0 Å². The molecule has 2 aromatic rings. The number of morpholine rings is 1. The van der Waals surface area contributed by atoms with Gasteiger partial charge in [-0.1, -0.05) is 6.07 Å². The van der Waals surface area contributed by atoms with Gasteiger partial charge in [-0.05, 0) is 30.5 Å². The van der Waals surface area contributed by atoms with Crippen LogP contribution in [0.1, 0.15) is 28.2 Å². The molecule has 1 fully saturated rings. The Morgan fingerprint density at radius 2 is 2.00 bits per heavy atom. The molecule has 2 heterocycles.